The van der Waals surface area contributed by atoms with Crippen molar-refractivity contribution in [1.29, 1.82) is 0 Å². The van der Waals surface area contributed by atoms with Crippen LogP contribution in [0.15, 0.2) is 24.5 Å². The van der Waals surface area contributed by atoms with Gasteiger partial charge in [-0.05, 0) is 13.3 Å². The van der Waals surface area contributed by atoms with Gasteiger partial charge >= 0.3 is 0 Å². The zero-order chi connectivity index (χ0) is 16.4. The fourth-order valence-electron chi connectivity index (χ4n) is 2.55. The van der Waals surface area contributed by atoms with Crippen LogP contribution in [0.25, 0.3) is 5.78 Å². The summed E-state index contributed by atoms with van der Waals surface area (Å²) in [7, 11) is 3.25. The van der Waals surface area contributed by atoms with Crippen molar-refractivity contribution in [2.24, 2.45) is 0 Å². The molecule has 0 unspecified atom stereocenters. The first-order valence-electron chi connectivity index (χ1n) is 7.35. The normalized spacial score (nSPS) is 10.8. The van der Waals surface area contributed by atoms with Crippen molar-refractivity contribution in [2.45, 2.75) is 20.3 Å². The number of hydrogen-bond donors (Lipinski definition) is 1. The van der Waals surface area contributed by atoms with Gasteiger partial charge in [-0.1, -0.05) is 6.92 Å². The van der Waals surface area contributed by atoms with Crippen LogP contribution >= 0.6 is 0 Å². The molecule has 23 heavy (non-hydrogen) atoms. The summed E-state index contributed by atoms with van der Waals surface area (Å²) in [5.74, 6) is 2.84. The van der Waals surface area contributed by atoms with Crippen molar-refractivity contribution in [3.63, 3.8) is 0 Å². The van der Waals surface area contributed by atoms with E-state index in [4.69, 9.17) is 9.47 Å². The van der Waals surface area contributed by atoms with Gasteiger partial charge in [-0.3, -0.25) is 0 Å². The van der Waals surface area contributed by atoms with Crippen LogP contribution in [-0.2, 0) is 6.42 Å². The Morgan fingerprint density at radius 1 is 1.13 bits per heavy atom. The predicted molar refractivity (Wildman–Crippen MR) is 87.7 cm³/mol. The summed E-state index contributed by atoms with van der Waals surface area (Å²) in [5.41, 5.74) is 2.87. The molecule has 0 aliphatic rings. The third kappa shape index (κ3) is 2.77. The number of rotatable bonds is 5. The summed E-state index contributed by atoms with van der Waals surface area (Å²) in [6, 6.07) is 5.63. The van der Waals surface area contributed by atoms with E-state index in [2.05, 4.69) is 27.3 Å². The number of ether oxygens (including phenoxy) is 2. The third-order valence-corrected chi connectivity index (χ3v) is 3.70. The minimum absolute atomic E-state index is 0.567. The highest BCUT2D eigenvalue weighted by Crippen LogP contribution is 2.30. The molecule has 0 amide bonds. The lowest BCUT2D eigenvalue weighted by Crippen LogP contribution is -2.08. The molecule has 3 rings (SSSR count). The number of nitrogens with one attached hydrogen (secondary N) is 1. The summed E-state index contributed by atoms with van der Waals surface area (Å²) in [5, 5.41) is 7.67. The van der Waals surface area contributed by atoms with Crippen molar-refractivity contribution >= 4 is 17.3 Å². The van der Waals surface area contributed by atoms with Crippen LogP contribution in [0.5, 0.6) is 11.5 Å². The van der Waals surface area contributed by atoms with Crippen LogP contribution in [0, 0.1) is 6.92 Å². The van der Waals surface area contributed by atoms with Gasteiger partial charge in [0.25, 0.3) is 5.78 Å². The highest BCUT2D eigenvalue weighted by atomic mass is 16.5. The Labute approximate surface area is 134 Å². The van der Waals surface area contributed by atoms with E-state index in [1.165, 1.54) is 6.33 Å². The minimum Gasteiger partial charge on any atom is -0.497 e. The van der Waals surface area contributed by atoms with E-state index in [-0.39, 0.29) is 0 Å². The molecule has 3 aromatic rings. The molecule has 1 aromatic carbocycles. The summed E-state index contributed by atoms with van der Waals surface area (Å²) in [6.07, 6.45) is 2.33. The lowest BCUT2D eigenvalue weighted by atomic mass is 10.1. The van der Waals surface area contributed by atoms with Gasteiger partial charge < -0.3 is 14.8 Å². The Morgan fingerprint density at radius 3 is 2.43 bits per heavy atom. The molecule has 0 saturated heterocycles. The average molecular weight is 313 g/mol. The average Bonchev–Trinajstić information content (AvgIpc) is 3.02. The quantitative estimate of drug-likeness (QED) is 0.781. The second kappa shape index (κ2) is 6.12. The second-order valence-corrected chi connectivity index (χ2v) is 5.08. The van der Waals surface area contributed by atoms with E-state index in [1.807, 2.05) is 25.1 Å². The van der Waals surface area contributed by atoms with Crippen molar-refractivity contribution in [2.75, 3.05) is 19.5 Å². The van der Waals surface area contributed by atoms with Crippen LogP contribution in [-0.4, -0.2) is 33.8 Å². The molecular formula is C16H19N5O2. The fraction of sp³-hybridized carbons (Fsp3) is 0.312. The second-order valence-electron chi connectivity index (χ2n) is 5.08. The molecule has 0 bridgehead atoms. The Balaban J connectivity index is 2.12. The first kappa shape index (κ1) is 15.1. The molecule has 7 heteroatoms. The predicted octanol–water partition coefficient (Wildman–Crippen LogP) is 2.76. The Morgan fingerprint density at radius 2 is 1.83 bits per heavy atom. The van der Waals surface area contributed by atoms with E-state index >= 15 is 0 Å². The maximum atomic E-state index is 5.32. The highest BCUT2D eigenvalue weighted by Gasteiger charge is 2.14. The van der Waals surface area contributed by atoms with Gasteiger partial charge in [0.15, 0.2) is 0 Å². The number of aryl methyl sites for hydroxylation is 1. The Hall–Kier alpha value is -2.83. The van der Waals surface area contributed by atoms with Gasteiger partial charge in [0.2, 0.25) is 0 Å². The number of benzene rings is 1. The zero-order valence-electron chi connectivity index (χ0n) is 13.6. The number of nitrogens with zero attached hydrogens (tertiary/aromatic N) is 4. The molecule has 0 saturated carbocycles. The van der Waals surface area contributed by atoms with Gasteiger partial charge in [-0.15, -0.1) is 0 Å². The lowest BCUT2D eigenvalue weighted by molar-refractivity contribution is 0.395. The van der Waals surface area contributed by atoms with E-state index in [9.17, 15) is 0 Å². The maximum Gasteiger partial charge on any atom is 0.254 e. The van der Waals surface area contributed by atoms with E-state index in [1.54, 1.807) is 18.7 Å². The largest absolute Gasteiger partial charge is 0.497 e. The molecule has 0 aliphatic heterocycles. The highest BCUT2D eigenvalue weighted by molar-refractivity contribution is 5.65. The topological polar surface area (TPSA) is 73.6 Å². The first-order valence-corrected chi connectivity index (χ1v) is 7.35. The molecular weight excluding hydrogens is 294 g/mol. The number of hydrogen-bond acceptors (Lipinski definition) is 6. The first-order chi connectivity index (χ1) is 11.2. The summed E-state index contributed by atoms with van der Waals surface area (Å²) in [4.78, 5) is 8.65. The van der Waals surface area contributed by atoms with Gasteiger partial charge in [0.1, 0.15) is 23.6 Å². The molecule has 0 radical (unpaired) electrons. The monoisotopic (exact) mass is 313 g/mol. The lowest BCUT2D eigenvalue weighted by Gasteiger charge is -2.15. The van der Waals surface area contributed by atoms with Crippen LogP contribution in [0.2, 0.25) is 0 Å². The number of methoxy groups -OCH3 is 2. The van der Waals surface area contributed by atoms with Crippen molar-refractivity contribution < 1.29 is 9.47 Å². The van der Waals surface area contributed by atoms with Crippen LogP contribution in [0.4, 0.5) is 11.5 Å². The van der Waals surface area contributed by atoms with E-state index in [0.717, 1.165) is 29.2 Å². The number of aromatic nitrogens is 4. The molecule has 2 heterocycles. The van der Waals surface area contributed by atoms with E-state index in [0.29, 0.717) is 17.3 Å². The van der Waals surface area contributed by atoms with Gasteiger partial charge in [0.05, 0.1) is 14.2 Å². The van der Waals surface area contributed by atoms with Gasteiger partial charge in [0, 0.05) is 35.1 Å². The SMILES string of the molecule is CCc1c(C)nc2ncnn2c1Nc1cc(OC)cc(OC)c1. The number of anilines is 2. The molecule has 0 atom stereocenters. The van der Waals surface area contributed by atoms with Crippen LogP contribution in [0.3, 0.4) is 0 Å². The van der Waals surface area contributed by atoms with Gasteiger partial charge in [-0.25, -0.2) is 4.98 Å². The summed E-state index contributed by atoms with van der Waals surface area (Å²) >= 11 is 0. The summed E-state index contributed by atoms with van der Waals surface area (Å²) in [6.45, 7) is 4.06. The van der Waals surface area contributed by atoms with Crippen molar-refractivity contribution in [3.8, 4) is 11.5 Å². The maximum absolute atomic E-state index is 5.32. The Kier molecular flexibility index (Phi) is 4.01. The smallest absolute Gasteiger partial charge is 0.254 e. The Bertz CT molecular complexity index is 822. The molecule has 0 fully saturated rings. The third-order valence-electron chi connectivity index (χ3n) is 3.70. The molecule has 120 valence electrons. The number of fused-ring (bicyclic) bond motifs is 1. The standard InChI is InChI=1S/C16H19N5O2/c1-5-14-10(2)19-16-17-9-18-21(16)15(14)20-11-6-12(22-3)8-13(7-11)23-4/h6-9,20H,5H2,1-4H3. The molecule has 0 spiro atoms. The molecule has 0 aliphatic carbocycles. The van der Waals surface area contributed by atoms with Crippen molar-refractivity contribution in [3.05, 3.63) is 35.8 Å². The molecule has 2 aromatic heterocycles. The van der Waals surface area contributed by atoms with Crippen molar-refractivity contribution in [1.82, 2.24) is 19.6 Å². The fourth-order valence-corrected chi connectivity index (χ4v) is 2.55. The van der Waals surface area contributed by atoms with E-state index < -0.39 is 0 Å². The van der Waals surface area contributed by atoms with Gasteiger partial charge in [-0.2, -0.15) is 14.6 Å². The summed E-state index contributed by atoms with van der Waals surface area (Å²) < 4.78 is 12.3. The molecule has 1 N–H and O–H groups in total. The molecule has 7 nitrogen and oxygen atoms in total. The van der Waals surface area contributed by atoms with Crippen LogP contribution < -0.4 is 14.8 Å². The minimum atomic E-state index is 0.567. The zero-order valence-corrected chi connectivity index (χ0v) is 13.6. The van der Waals surface area contributed by atoms with Crippen LogP contribution in [0.1, 0.15) is 18.2 Å².